The molecule has 0 aliphatic heterocycles. The van der Waals surface area contributed by atoms with Crippen LogP contribution in [0.2, 0.25) is 0 Å². The number of primary amides is 1. The fourth-order valence-corrected chi connectivity index (χ4v) is 3.16. The number of benzene rings is 1. The molecule has 1 rings (SSSR count). The summed E-state index contributed by atoms with van der Waals surface area (Å²) < 4.78 is 17.5. The molecule has 2 N–H and O–H groups in total. The lowest BCUT2D eigenvalue weighted by Gasteiger charge is -2.16. The molecule has 0 heterocycles. The maximum absolute atomic E-state index is 12.3. The molecule has 0 aromatic heterocycles. The summed E-state index contributed by atoms with van der Waals surface area (Å²) in [6, 6.07) is 8.67. The van der Waals surface area contributed by atoms with E-state index in [-0.39, 0.29) is 6.16 Å². The Labute approximate surface area is 88.9 Å². The van der Waals surface area contributed by atoms with Crippen molar-refractivity contribution in [3.05, 3.63) is 30.3 Å². The van der Waals surface area contributed by atoms with Gasteiger partial charge in [-0.1, -0.05) is 18.2 Å². The van der Waals surface area contributed by atoms with Gasteiger partial charge in [0.05, 0.1) is 6.61 Å². The monoisotopic (exact) mass is 227 g/mol. The summed E-state index contributed by atoms with van der Waals surface area (Å²) in [5, 5.41) is 0.533. The zero-order chi connectivity index (χ0) is 11.3. The van der Waals surface area contributed by atoms with Gasteiger partial charge in [0, 0.05) is 5.30 Å². The summed E-state index contributed by atoms with van der Waals surface area (Å²) in [7, 11) is -3.10. The molecular weight excluding hydrogens is 213 g/mol. The van der Waals surface area contributed by atoms with Crippen LogP contribution in [0.3, 0.4) is 0 Å². The van der Waals surface area contributed by atoms with E-state index in [9.17, 15) is 9.36 Å². The fraction of sp³-hybridized carbons (Fsp3) is 0.300. The van der Waals surface area contributed by atoms with Gasteiger partial charge in [0.2, 0.25) is 13.3 Å². The second kappa shape index (κ2) is 5.10. The first-order chi connectivity index (χ1) is 7.08. The van der Waals surface area contributed by atoms with Crippen molar-refractivity contribution in [2.75, 3.05) is 12.8 Å². The maximum Gasteiger partial charge on any atom is 0.241 e. The highest BCUT2D eigenvalue weighted by Gasteiger charge is 2.27. The molecule has 4 nitrogen and oxygen atoms in total. The Balaban J connectivity index is 3.01. The van der Waals surface area contributed by atoms with Crippen LogP contribution in [-0.2, 0) is 13.9 Å². The lowest BCUT2D eigenvalue weighted by molar-refractivity contribution is -0.115. The van der Waals surface area contributed by atoms with Crippen LogP contribution in [0.15, 0.2) is 30.3 Å². The molecule has 0 radical (unpaired) electrons. The van der Waals surface area contributed by atoms with Crippen molar-refractivity contribution >= 4 is 18.6 Å². The van der Waals surface area contributed by atoms with E-state index in [1.807, 2.05) is 6.07 Å². The lowest BCUT2D eigenvalue weighted by Crippen LogP contribution is -2.21. The minimum Gasteiger partial charge on any atom is -0.369 e. The Bertz CT molecular complexity index is 378. The van der Waals surface area contributed by atoms with Gasteiger partial charge in [-0.2, -0.15) is 0 Å². The minimum absolute atomic E-state index is 0.245. The molecule has 0 bridgehead atoms. The summed E-state index contributed by atoms with van der Waals surface area (Å²) >= 11 is 0. The third-order valence-corrected chi connectivity index (χ3v) is 4.34. The number of rotatable bonds is 5. The third-order valence-electron chi connectivity index (χ3n) is 1.85. The molecule has 82 valence electrons. The van der Waals surface area contributed by atoms with Gasteiger partial charge in [-0.15, -0.1) is 0 Å². The average molecular weight is 227 g/mol. The summed E-state index contributed by atoms with van der Waals surface area (Å²) in [4.78, 5) is 10.8. The van der Waals surface area contributed by atoms with Crippen molar-refractivity contribution in [1.29, 1.82) is 0 Å². The van der Waals surface area contributed by atoms with Gasteiger partial charge in [-0.25, -0.2) is 0 Å². The van der Waals surface area contributed by atoms with Crippen LogP contribution in [-0.4, -0.2) is 18.7 Å². The molecule has 1 atom stereocenters. The van der Waals surface area contributed by atoms with Gasteiger partial charge in [0.25, 0.3) is 0 Å². The van der Waals surface area contributed by atoms with Crippen molar-refractivity contribution < 1.29 is 13.9 Å². The zero-order valence-electron chi connectivity index (χ0n) is 8.55. The SMILES string of the molecule is CCOP(=O)(CC(N)=O)c1ccccc1. The van der Waals surface area contributed by atoms with E-state index in [1.165, 1.54) is 0 Å². The Morgan fingerprint density at radius 2 is 2.00 bits per heavy atom. The molecule has 0 saturated carbocycles. The highest BCUT2D eigenvalue weighted by Crippen LogP contribution is 2.44. The van der Waals surface area contributed by atoms with Gasteiger partial charge >= 0.3 is 0 Å². The molecule has 1 unspecified atom stereocenters. The Hall–Kier alpha value is -1.12. The number of carbonyl (C=O) groups is 1. The molecule has 5 heteroatoms. The van der Waals surface area contributed by atoms with Gasteiger partial charge < -0.3 is 10.3 Å². The van der Waals surface area contributed by atoms with Crippen molar-refractivity contribution in [3.8, 4) is 0 Å². The van der Waals surface area contributed by atoms with Crippen LogP contribution in [0.5, 0.6) is 0 Å². The van der Waals surface area contributed by atoms with E-state index >= 15 is 0 Å². The van der Waals surface area contributed by atoms with Crippen LogP contribution < -0.4 is 11.0 Å². The van der Waals surface area contributed by atoms with E-state index in [1.54, 1.807) is 31.2 Å². The van der Waals surface area contributed by atoms with Crippen LogP contribution in [0, 0.1) is 0 Å². The van der Waals surface area contributed by atoms with Gasteiger partial charge in [0.15, 0.2) is 0 Å². The first-order valence-electron chi connectivity index (χ1n) is 4.66. The molecule has 1 aromatic rings. The Kier molecular flexibility index (Phi) is 4.06. The Morgan fingerprint density at radius 3 is 2.47 bits per heavy atom. The van der Waals surface area contributed by atoms with Crippen molar-refractivity contribution in [3.63, 3.8) is 0 Å². The van der Waals surface area contributed by atoms with E-state index in [2.05, 4.69) is 0 Å². The molecule has 0 spiro atoms. The number of amides is 1. The summed E-state index contributed by atoms with van der Waals surface area (Å²) in [6.45, 7) is 2.02. The molecule has 15 heavy (non-hydrogen) atoms. The van der Waals surface area contributed by atoms with E-state index < -0.39 is 13.3 Å². The molecule has 0 saturated heterocycles. The summed E-state index contributed by atoms with van der Waals surface area (Å²) in [5.74, 6) is -0.615. The Morgan fingerprint density at radius 1 is 1.40 bits per heavy atom. The van der Waals surface area contributed by atoms with Crippen molar-refractivity contribution in [2.24, 2.45) is 5.73 Å². The first kappa shape index (κ1) is 12.0. The molecule has 1 amide bonds. The topological polar surface area (TPSA) is 69.4 Å². The predicted octanol–water partition coefficient (Wildman–Crippen LogP) is 1.11. The first-order valence-corrected chi connectivity index (χ1v) is 6.47. The summed E-state index contributed by atoms with van der Waals surface area (Å²) in [5.41, 5.74) is 5.06. The van der Waals surface area contributed by atoms with Gasteiger partial charge in [-0.05, 0) is 19.1 Å². The largest absolute Gasteiger partial charge is 0.369 e. The normalized spacial score (nSPS) is 14.5. The maximum atomic E-state index is 12.3. The summed E-state index contributed by atoms with van der Waals surface area (Å²) in [6.07, 6.45) is -0.245. The van der Waals surface area contributed by atoms with Gasteiger partial charge in [-0.3, -0.25) is 9.36 Å². The molecule has 1 aromatic carbocycles. The van der Waals surface area contributed by atoms with Crippen LogP contribution >= 0.6 is 7.37 Å². The average Bonchev–Trinajstić information content (AvgIpc) is 2.18. The van der Waals surface area contributed by atoms with E-state index in [4.69, 9.17) is 10.3 Å². The third kappa shape index (κ3) is 3.18. The molecular formula is C10H14NO3P. The molecule has 0 fully saturated rings. The second-order valence-electron chi connectivity index (χ2n) is 3.05. The fourth-order valence-electron chi connectivity index (χ4n) is 1.28. The predicted molar refractivity (Wildman–Crippen MR) is 59.4 cm³/mol. The number of nitrogens with two attached hydrogens (primary N) is 1. The quantitative estimate of drug-likeness (QED) is 0.766. The smallest absolute Gasteiger partial charge is 0.241 e. The highest BCUT2D eigenvalue weighted by molar-refractivity contribution is 7.67. The van der Waals surface area contributed by atoms with E-state index in [0.717, 1.165) is 0 Å². The zero-order valence-corrected chi connectivity index (χ0v) is 9.44. The minimum atomic E-state index is -3.10. The van der Waals surface area contributed by atoms with E-state index in [0.29, 0.717) is 11.9 Å². The van der Waals surface area contributed by atoms with Gasteiger partial charge in [0.1, 0.15) is 6.16 Å². The standard InChI is InChI=1S/C10H14NO3P/c1-2-14-15(13,8-10(11)12)9-6-4-3-5-7-9/h3-7H,2,8H2,1H3,(H2,11,12). The van der Waals surface area contributed by atoms with Crippen LogP contribution in [0.25, 0.3) is 0 Å². The number of hydrogen-bond acceptors (Lipinski definition) is 3. The molecule has 0 aliphatic carbocycles. The second-order valence-corrected chi connectivity index (χ2v) is 5.49. The van der Waals surface area contributed by atoms with Crippen LogP contribution in [0.1, 0.15) is 6.92 Å². The lowest BCUT2D eigenvalue weighted by atomic mass is 10.4. The van der Waals surface area contributed by atoms with Crippen molar-refractivity contribution in [2.45, 2.75) is 6.92 Å². The highest BCUT2D eigenvalue weighted by atomic mass is 31.2. The number of hydrogen-bond donors (Lipinski definition) is 1. The van der Waals surface area contributed by atoms with Crippen LogP contribution in [0.4, 0.5) is 0 Å². The number of carbonyl (C=O) groups excluding carboxylic acids is 1. The molecule has 0 aliphatic rings. The van der Waals surface area contributed by atoms with Crippen molar-refractivity contribution in [1.82, 2.24) is 0 Å².